The number of ether oxygens (including phenoxy) is 2. The number of unbranched alkanes of at least 4 members (excludes halogenated alkanes) is 23. The molecule has 0 amide bonds. The fourth-order valence-corrected chi connectivity index (χ4v) is 7.18. The average molecular weight is 708 g/mol. The van der Waals surface area contributed by atoms with Crippen LogP contribution in [0.5, 0.6) is 0 Å². The van der Waals surface area contributed by atoms with Crippen LogP contribution >= 0.6 is 0 Å². The van der Waals surface area contributed by atoms with Crippen LogP contribution in [-0.2, 0) is 19.1 Å². The highest BCUT2D eigenvalue weighted by Gasteiger charge is 2.15. The van der Waals surface area contributed by atoms with Crippen LogP contribution in [0.25, 0.3) is 0 Å². The SMILES string of the molecule is CCCCCCCCC(CCCCCCCC)OC(=O)CCCCCCCN(CC)C(C)CCCCCCCCOC(=O)CCCCCCC. The highest BCUT2D eigenvalue weighted by molar-refractivity contribution is 5.69. The molecule has 0 saturated carbocycles. The lowest BCUT2D eigenvalue weighted by atomic mass is 10.0. The van der Waals surface area contributed by atoms with Crippen molar-refractivity contribution >= 4 is 11.9 Å². The Morgan fingerprint density at radius 1 is 0.460 bits per heavy atom. The van der Waals surface area contributed by atoms with E-state index in [0.29, 0.717) is 25.5 Å². The molecule has 5 nitrogen and oxygen atoms in total. The molecular formula is C45H89NO4. The quantitative estimate of drug-likeness (QED) is 0.0469. The smallest absolute Gasteiger partial charge is 0.306 e. The summed E-state index contributed by atoms with van der Waals surface area (Å²) in [6, 6.07) is 0.650. The second-order valence-electron chi connectivity index (χ2n) is 15.5. The molecule has 0 bridgehead atoms. The van der Waals surface area contributed by atoms with Gasteiger partial charge in [-0.1, -0.05) is 169 Å². The molecule has 0 fully saturated rings. The number of nitrogens with zero attached hydrogens (tertiary/aromatic N) is 1. The summed E-state index contributed by atoms with van der Waals surface area (Å²) in [7, 11) is 0. The summed E-state index contributed by atoms with van der Waals surface area (Å²) < 4.78 is 11.4. The topological polar surface area (TPSA) is 55.8 Å². The van der Waals surface area contributed by atoms with E-state index < -0.39 is 0 Å². The van der Waals surface area contributed by atoms with E-state index in [1.807, 2.05) is 0 Å². The van der Waals surface area contributed by atoms with Gasteiger partial charge < -0.3 is 14.4 Å². The molecule has 0 aliphatic carbocycles. The van der Waals surface area contributed by atoms with Crippen LogP contribution in [0.1, 0.15) is 247 Å². The van der Waals surface area contributed by atoms with Crippen molar-refractivity contribution in [2.24, 2.45) is 0 Å². The fourth-order valence-electron chi connectivity index (χ4n) is 7.18. The number of rotatable bonds is 40. The largest absolute Gasteiger partial charge is 0.466 e. The second-order valence-corrected chi connectivity index (χ2v) is 15.5. The zero-order chi connectivity index (χ0) is 36.8. The van der Waals surface area contributed by atoms with Crippen LogP contribution in [0.4, 0.5) is 0 Å². The molecule has 0 rings (SSSR count). The van der Waals surface area contributed by atoms with Gasteiger partial charge in [-0.25, -0.2) is 0 Å². The number of hydrogen-bond acceptors (Lipinski definition) is 5. The Balaban J connectivity index is 3.94. The van der Waals surface area contributed by atoms with Crippen LogP contribution in [0, 0.1) is 0 Å². The van der Waals surface area contributed by atoms with Crippen molar-refractivity contribution in [2.75, 3.05) is 19.7 Å². The third kappa shape index (κ3) is 34.0. The van der Waals surface area contributed by atoms with Crippen molar-refractivity contribution in [3.63, 3.8) is 0 Å². The van der Waals surface area contributed by atoms with Crippen LogP contribution in [0.3, 0.4) is 0 Å². The molecule has 0 heterocycles. The molecule has 0 aromatic heterocycles. The molecule has 0 aliphatic rings. The molecule has 5 heteroatoms. The third-order valence-corrected chi connectivity index (χ3v) is 10.7. The zero-order valence-electron chi connectivity index (χ0n) is 34.7. The number of carbonyl (C=O) groups excluding carboxylic acids is 2. The third-order valence-electron chi connectivity index (χ3n) is 10.7. The minimum absolute atomic E-state index is 0.00554. The molecule has 0 aromatic carbocycles. The van der Waals surface area contributed by atoms with E-state index in [0.717, 1.165) is 51.5 Å². The van der Waals surface area contributed by atoms with E-state index in [9.17, 15) is 9.59 Å². The standard InChI is InChI=1S/C45H89NO4/c1-6-10-13-16-23-29-36-43(37-30-24-17-14-11-7-2)50-45(48)39-32-25-20-26-33-40-46(9-4)42(5)35-28-22-18-19-27-34-41-49-44(47)38-31-21-15-12-8-3/h42-43H,6-41H2,1-5H3. The van der Waals surface area contributed by atoms with Crippen LogP contribution in [0.15, 0.2) is 0 Å². The summed E-state index contributed by atoms with van der Waals surface area (Å²) in [5.74, 6) is 0.0382. The maximum atomic E-state index is 12.7. The van der Waals surface area contributed by atoms with Crippen molar-refractivity contribution in [3.05, 3.63) is 0 Å². The van der Waals surface area contributed by atoms with Gasteiger partial charge in [-0.15, -0.1) is 0 Å². The first-order valence-corrected chi connectivity index (χ1v) is 22.6. The Bertz CT molecular complexity index is 697. The van der Waals surface area contributed by atoms with E-state index >= 15 is 0 Å². The number of esters is 2. The average Bonchev–Trinajstić information content (AvgIpc) is 3.11. The van der Waals surface area contributed by atoms with Crippen LogP contribution in [-0.4, -0.2) is 48.7 Å². The highest BCUT2D eigenvalue weighted by atomic mass is 16.5. The fraction of sp³-hybridized carbons (Fsp3) is 0.956. The van der Waals surface area contributed by atoms with Gasteiger partial charge in [-0.2, -0.15) is 0 Å². The Labute approximate surface area is 313 Å². The maximum Gasteiger partial charge on any atom is 0.306 e. The predicted octanol–water partition coefficient (Wildman–Crippen LogP) is 14.1. The molecular weight excluding hydrogens is 618 g/mol. The minimum atomic E-state index is -0.00554. The summed E-state index contributed by atoms with van der Waals surface area (Å²) in [6.45, 7) is 14.4. The summed E-state index contributed by atoms with van der Waals surface area (Å²) in [5, 5.41) is 0. The second kappa shape index (κ2) is 39.1. The Morgan fingerprint density at radius 2 is 0.860 bits per heavy atom. The zero-order valence-corrected chi connectivity index (χ0v) is 34.7. The molecule has 0 saturated heterocycles. The van der Waals surface area contributed by atoms with Gasteiger partial charge in [0.1, 0.15) is 6.10 Å². The Hall–Kier alpha value is -1.10. The van der Waals surface area contributed by atoms with Gasteiger partial charge in [0.2, 0.25) is 0 Å². The summed E-state index contributed by atoms with van der Waals surface area (Å²) >= 11 is 0. The molecule has 50 heavy (non-hydrogen) atoms. The Kier molecular flexibility index (Phi) is 38.3. The first kappa shape index (κ1) is 48.9. The van der Waals surface area contributed by atoms with Gasteiger partial charge in [0.25, 0.3) is 0 Å². The molecule has 0 aliphatic heterocycles. The monoisotopic (exact) mass is 708 g/mol. The first-order valence-electron chi connectivity index (χ1n) is 22.6. The summed E-state index contributed by atoms with van der Waals surface area (Å²) in [6.07, 6.45) is 39.3. The number of hydrogen-bond donors (Lipinski definition) is 0. The lowest BCUT2D eigenvalue weighted by Gasteiger charge is -2.28. The van der Waals surface area contributed by atoms with E-state index in [1.54, 1.807) is 0 Å². The summed E-state index contributed by atoms with van der Waals surface area (Å²) in [5.41, 5.74) is 0. The predicted molar refractivity (Wildman–Crippen MR) is 217 cm³/mol. The maximum absolute atomic E-state index is 12.7. The molecule has 298 valence electrons. The van der Waals surface area contributed by atoms with E-state index in [-0.39, 0.29) is 18.0 Å². The van der Waals surface area contributed by atoms with E-state index in [2.05, 4.69) is 39.5 Å². The van der Waals surface area contributed by atoms with Crippen molar-refractivity contribution in [2.45, 2.75) is 259 Å². The van der Waals surface area contributed by atoms with Crippen molar-refractivity contribution in [3.8, 4) is 0 Å². The molecule has 0 spiro atoms. The van der Waals surface area contributed by atoms with Crippen LogP contribution in [0.2, 0.25) is 0 Å². The van der Waals surface area contributed by atoms with Crippen molar-refractivity contribution < 1.29 is 19.1 Å². The van der Waals surface area contributed by atoms with Gasteiger partial charge in [-0.05, 0) is 77.8 Å². The number of carbonyl (C=O) groups is 2. The lowest BCUT2D eigenvalue weighted by molar-refractivity contribution is -0.150. The normalized spacial score (nSPS) is 12.2. The molecule has 0 radical (unpaired) electrons. The van der Waals surface area contributed by atoms with E-state index in [4.69, 9.17) is 9.47 Å². The Morgan fingerprint density at radius 3 is 1.36 bits per heavy atom. The van der Waals surface area contributed by atoms with Crippen LogP contribution < -0.4 is 0 Å². The van der Waals surface area contributed by atoms with Gasteiger partial charge in [0.15, 0.2) is 0 Å². The van der Waals surface area contributed by atoms with Crippen molar-refractivity contribution in [1.29, 1.82) is 0 Å². The van der Waals surface area contributed by atoms with Gasteiger partial charge in [0.05, 0.1) is 6.61 Å². The summed E-state index contributed by atoms with van der Waals surface area (Å²) in [4.78, 5) is 27.2. The molecule has 1 atom stereocenters. The van der Waals surface area contributed by atoms with E-state index in [1.165, 1.54) is 161 Å². The van der Waals surface area contributed by atoms with Crippen molar-refractivity contribution in [1.82, 2.24) is 4.90 Å². The van der Waals surface area contributed by atoms with Gasteiger partial charge in [-0.3, -0.25) is 9.59 Å². The molecule has 1 unspecified atom stereocenters. The lowest BCUT2D eigenvalue weighted by Crippen LogP contribution is -2.33. The minimum Gasteiger partial charge on any atom is -0.466 e. The van der Waals surface area contributed by atoms with Gasteiger partial charge >= 0.3 is 11.9 Å². The molecule has 0 N–H and O–H groups in total. The highest BCUT2D eigenvalue weighted by Crippen LogP contribution is 2.19. The van der Waals surface area contributed by atoms with Gasteiger partial charge in [0, 0.05) is 18.9 Å². The first-order chi connectivity index (χ1) is 24.5. The molecule has 0 aromatic rings.